The quantitative estimate of drug-likeness (QED) is 0.495. The minimum Gasteiger partial charge on any atom is -0.371 e. The van der Waals surface area contributed by atoms with E-state index in [0.29, 0.717) is 16.4 Å². The van der Waals surface area contributed by atoms with Gasteiger partial charge in [0.05, 0.1) is 10.6 Å². The molecule has 3 N–H and O–H groups in total. The summed E-state index contributed by atoms with van der Waals surface area (Å²) in [6.07, 6.45) is 6.47. The summed E-state index contributed by atoms with van der Waals surface area (Å²) in [4.78, 5) is 13.6. The number of rotatable bonds is 6. The number of carbonyl (C=O) groups excluding carboxylic acids is 1. The van der Waals surface area contributed by atoms with Gasteiger partial charge in [0.15, 0.2) is 0 Å². The lowest BCUT2D eigenvalue weighted by atomic mass is 9.84. The van der Waals surface area contributed by atoms with Crippen molar-refractivity contribution < 1.29 is 9.90 Å². The molecule has 1 aliphatic carbocycles. The molecule has 0 unspecified atom stereocenters. The number of benzene rings is 2. The van der Waals surface area contributed by atoms with E-state index in [1.807, 2.05) is 41.8 Å². The van der Waals surface area contributed by atoms with Gasteiger partial charge in [-0.15, -0.1) is 11.3 Å². The predicted octanol–water partition coefficient (Wildman–Crippen LogP) is 5.18. The number of hydrogen-bond donors (Lipinski definition) is 3. The van der Waals surface area contributed by atoms with E-state index in [9.17, 15) is 9.90 Å². The topological polar surface area (TPSA) is 61.4 Å². The van der Waals surface area contributed by atoms with Gasteiger partial charge in [-0.05, 0) is 53.5 Å². The predicted molar refractivity (Wildman–Crippen MR) is 118 cm³/mol. The zero-order chi connectivity index (χ0) is 20.1. The normalized spacial score (nSPS) is 16.7. The first kappa shape index (κ1) is 19.7. The summed E-state index contributed by atoms with van der Waals surface area (Å²) in [7, 11) is 0. The van der Waals surface area contributed by atoms with E-state index in [2.05, 4.69) is 23.0 Å². The highest BCUT2D eigenvalue weighted by atomic mass is 32.1. The van der Waals surface area contributed by atoms with Crippen molar-refractivity contribution in [1.29, 1.82) is 0 Å². The SMILES string of the molecule is O=C(NNc1ccc(C2CCCCC2)cc1)[C@@](O)(c1ccccc1)c1cccs1. The van der Waals surface area contributed by atoms with Gasteiger partial charge in [0.25, 0.3) is 5.91 Å². The number of anilines is 1. The minimum absolute atomic E-state index is 0.512. The molecule has 0 radical (unpaired) electrons. The van der Waals surface area contributed by atoms with Crippen molar-refractivity contribution >= 4 is 22.9 Å². The number of thiophene rings is 1. The summed E-state index contributed by atoms with van der Waals surface area (Å²) in [5.74, 6) is 0.136. The molecule has 1 atom stereocenters. The summed E-state index contributed by atoms with van der Waals surface area (Å²) >= 11 is 1.35. The fraction of sp³-hybridized carbons (Fsp3) is 0.292. The van der Waals surface area contributed by atoms with Crippen LogP contribution in [0.2, 0.25) is 0 Å². The van der Waals surface area contributed by atoms with Gasteiger partial charge in [0, 0.05) is 0 Å². The van der Waals surface area contributed by atoms with E-state index < -0.39 is 11.5 Å². The number of carbonyl (C=O) groups is 1. The number of hydrogen-bond acceptors (Lipinski definition) is 4. The fourth-order valence-corrected chi connectivity index (χ4v) is 4.88. The Morgan fingerprint density at radius 3 is 2.31 bits per heavy atom. The Balaban J connectivity index is 1.47. The third-order valence-corrected chi connectivity index (χ3v) is 6.68. The third-order valence-electron chi connectivity index (χ3n) is 5.71. The Morgan fingerprint density at radius 2 is 1.66 bits per heavy atom. The van der Waals surface area contributed by atoms with E-state index in [1.165, 1.54) is 49.0 Å². The largest absolute Gasteiger partial charge is 0.371 e. The van der Waals surface area contributed by atoms with Crippen molar-refractivity contribution in [2.75, 3.05) is 5.43 Å². The van der Waals surface area contributed by atoms with Crippen LogP contribution in [0.15, 0.2) is 72.1 Å². The van der Waals surface area contributed by atoms with Gasteiger partial charge < -0.3 is 5.11 Å². The highest BCUT2D eigenvalue weighted by Gasteiger charge is 2.41. The molecular formula is C24H26N2O2S. The smallest absolute Gasteiger partial charge is 0.280 e. The molecule has 0 aliphatic heterocycles. The van der Waals surface area contributed by atoms with E-state index >= 15 is 0 Å². The molecule has 4 rings (SSSR count). The standard InChI is InChI=1S/C24H26N2O2S/c27-23(24(28,22-12-7-17-29-22)20-10-5-2-6-11-20)26-25-21-15-13-19(14-16-21)18-8-3-1-4-9-18/h2,5-7,10-18,25,28H,1,3-4,8-9H2,(H,26,27)/t24-/m1/s1. The lowest BCUT2D eigenvalue weighted by Crippen LogP contribution is -2.47. The van der Waals surface area contributed by atoms with Crippen LogP contribution in [0.4, 0.5) is 5.69 Å². The van der Waals surface area contributed by atoms with Crippen LogP contribution >= 0.6 is 11.3 Å². The van der Waals surface area contributed by atoms with Crippen LogP contribution < -0.4 is 10.9 Å². The Bertz CT molecular complexity index is 919. The fourth-order valence-electron chi connectivity index (χ4n) is 4.04. The summed E-state index contributed by atoms with van der Waals surface area (Å²) in [5.41, 5.74) is 6.59. The van der Waals surface area contributed by atoms with Crippen molar-refractivity contribution in [1.82, 2.24) is 5.43 Å². The van der Waals surface area contributed by atoms with Crippen LogP contribution in [-0.2, 0) is 10.4 Å². The molecule has 4 nitrogen and oxygen atoms in total. The van der Waals surface area contributed by atoms with Crippen LogP contribution in [0, 0.1) is 0 Å². The lowest BCUT2D eigenvalue weighted by molar-refractivity contribution is -0.135. The molecule has 5 heteroatoms. The number of aliphatic hydroxyl groups is 1. The third kappa shape index (κ3) is 4.21. The molecule has 29 heavy (non-hydrogen) atoms. The highest BCUT2D eigenvalue weighted by molar-refractivity contribution is 7.10. The van der Waals surface area contributed by atoms with E-state index in [0.717, 1.165) is 5.69 Å². The van der Waals surface area contributed by atoms with Crippen LogP contribution in [0.25, 0.3) is 0 Å². The van der Waals surface area contributed by atoms with E-state index in [4.69, 9.17) is 0 Å². The molecule has 0 spiro atoms. The number of hydrazine groups is 1. The maximum atomic E-state index is 13.0. The van der Waals surface area contributed by atoms with Crippen molar-refractivity contribution in [3.8, 4) is 0 Å². The molecular weight excluding hydrogens is 380 g/mol. The van der Waals surface area contributed by atoms with Crippen molar-refractivity contribution in [3.05, 3.63) is 88.1 Å². The van der Waals surface area contributed by atoms with Crippen LogP contribution in [0.1, 0.15) is 54.0 Å². The van der Waals surface area contributed by atoms with Gasteiger partial charge in [-0.2, -0.15) is 0 Å². The monoisotopic (exact) mass is 406 g/mol. The minimum atomic E-state index is -1.75. The molecule has 0 bridgehead atoms. The number of nitrogens with one attached hydrogen (secondary N) is 2. The second-order valence-corrected chi connectivity index (χ2v) is 8.54. The van der Waals surface area contributed by atoms with Crippen molar-refractivity contribution in [3.63, 3.8) is 0 Å². The Morgan fingerprint density at radius 1 is 0.931 bits per heavy atom. The molecule has 150 valence electrons. The molecule has 1 aromatic heterocycles. The Kier molecular flexibility index (Phi) is 5.97. The summed E-state index contributed by atoms with van der Waals surface area (Å²) in [6.45, 7) is 0. The Labute approximate surface area is 175 Å². The van der Waals surface area contributed by atoms with Gasteiger partial charge in [0.1, 0.15) is 0 Å². The molecule has 1 fully saturated rings. The average molecular weight is 407 g/mol. The number of amides is 1. The van der Waals surface area contributed by atoms with E-state index in [1.54, 1.807) is 18.2 Å². The zero-order valence-electron chi connectivity index (χ0n) is 16.3. The maximum Gasteiger partial charge on any atom is 0.280 e. The van der Waals surface area contributed by atoms with Gasteiger partial charge in [0.2, 0.25) is 5.60 Å². The van der Waals surface area contributed by atoms with Crippen LogP contribution in [0.5, 0.6) is 0 Å². The van der Waals surface area contributed by atoms with Gasteiger partial charge in [-0.25, -0.2) is 0 Å². The molecule has 1 amide bonds. The van der Waals surface area contributed by atoms with Crippen LogP contribution in [0.3, 0.4) is 0 Å². The molecule has 3 aromatic rings. The second kappa shape index (κ2) is 8.80. The summed E-state index contributed by atoms with van der Waals surface area (Å²) < 4.78 is 0. The Hall–Kier alpha value is -2.63. The lowest BCUT2D eigenvalue weighted by Gasteiger charge is -2.27. The zero-order valence-corrected chi connectivity index (χ0v) is 17.1. The summed E-state index contributed by atoms with van der Waals surface area (Å²) in [5, 5.41) is 13.2. The maximum absolute atomic E-state index is 13.0. The highest BCUT2D eigenvalue weighted by Crippen LogP contribution is 2.34. The first-order chi connectivity index (χ1) is 14.2. The van der Waals surface area contributed by atoms with Crippen molar-refractivity contribution in [2.45, 2.75) is 43.6 Å². The molecule has 0 saturated heterocycles. The molecule has 1 saturated carbocycles. The van der Waals surface area contributed by atoms with Gasteiger partial charge in [-0.1, -0.05) is 67.8 Å². The first-order valence-corrected chi connectivity index (χ1v) is 11.0. The molecule has 1 aliphatic rings. The average Bonchev–Trinajstić information content (AvgIpc) is 3.34. The summed E-state index contributed by atoms with van der Waals surface area (Å²) in [6, 6.07) is 20.9. The van der Waals surface area contributed by atoms with Gasteiger partial charge in [-0.3, -0.25) is 15.6 Å². The van der Waals surface area contributed by atoms with E-state index in [-0.39, 0.29) is 0 Å². The molecule has 2 aromatic carbocycles. The second-order valence-electron chi connectivity index (χ2n) is 7.59. The molecule has 1 heterocycles. The van der Waals surface area contributed by atoms with Crippen LogP contribution in [-0.4, -0.2) is 11.0 Å². The first-order valence-electron chi connectivity index (χ1n) is 10.2. The van der Waals surface area contributed by atoms with Crippen molar-refractivity contribution in [2.24, 2.45) is 0 Å². The van der Waals surface area contributed by atoms with Gasteiger partial charge >= 0.3 is 0 Å².